The maximum absolute atomic E-state index is 14.4. The molecule has 3 aromatic heterocycles. The number of rotatable bonds is 6. The number of pyridine rings is 1. The summed E-state index contributed by atoms with van der Waals surface area (Å²) in [5.74, 6) is 0.119. The van der Waals surface area contributed by atoms with Crippen molar-refractivity contribution in [2.75, 3.05) is 20.2 Å². The van der Waals surface area contributed by atoms with Gasteiger partial charge < -0.3 is 10.1 Å². The second-order valence-electron chi connectivity index (χ2n) is 9.28. The van der Waals surface area contributed by atoms with E-state index < -0.39 is 0 Å². The monoisotopic (exact) mass is 499 g/mol. The summed E-state index contributed by atoms with van der Waals surface area (Å²) in [5, 5.41) is 15.7. The summed E-state index contributed by atoms with van der Waals surface area (Å²) in [6, 6.07) is 14.2. The number of halogens is 1. The molecule has 0 unspecified atom stereocenters. The molecule has 0 spiro atoms. The van der Waals surface area contributed by atoms with Gasteiger partial charge in [-0.3, -0.25) is 14.8 Å². The van der Waals surface area contributed by atoms with E-state index in [4.69, 9.17) is 4.74 Å². The summed E-state index contributed by atoms with van der Waals surface area (Å²) in [4.78, 5) is 19.6. The Kier molecular flexibility index (Phi) is 6.01. The molecule has 0 bridgehead atoms. The van der Waals surface area contributed by atoms with Gasteiger partial charge in [0.2, 0.25) is 0 Å². The zero-order valence-electron chi connectivity index (χ0n) is 20.3. The van der Waals surface area contributed by atoms with Gasteiger partial charge >= 0.3 is 0 Å². The van der Waals surface area contributed by atoms with Crippen LogP contribution in [0.3, 0.4) is 0 Å². The van der Waals surface area contributed by atoms with Crippen LogP contribution >= 0.6 is 0 Å². The van der Waals surface area contributed by atoms with Gasteiger partial charge in [-0.25, -0.2) is 13.9 Å². The number of nitrogens with zero attached hydrogens (tertiary/aromatic N) is 5. The Balaban J connectivity index is 1.19. The molecular formula is C27H26FN7O2. The van der Waals surface area contributed by atoms with E-state index >= 15 is 0 Å². The molecule has 2 aromatic carbocycles. The fourth-order valence-electron chi connectivity index (χ4n) is 5.03. The molecule has 6 rings (SSSR count). The van der Waals surface area contributed by atoms with Crippen molar-refractivity contribution in [3.63, 3.8) is 0 Å². The fraction of sp³-hybridized carbons (Fsp3) is 0.259. The van der Waals surface area contributed by atoms with Gasteiger partial charge in [0.1, 0.15) is 23.6 Å². The van der Waals surface area contributed by atoms with Gasteiger partial charge in [0, 0.05) is 47.4 Å². The summed E-state index contributed by atoms with van der Waals surface area (Å²) >= 11 is 0. The molecule has 1 aliphatic rings. The molecular weight excluding hydrogens is 473 g/mol. The van der Waals surface area contributed by atoms with Gasteiger partial charge in [0.25, 0.3) is 5.91 Å². The quantitative estimate of drug-likeness (QED) is 0.369. The number of carbonyl (C=O) groups excluding carboxylic acids is 1. The Bertz CT molecular complexity index is 1590. The van der Waals surface area contributed by atoms with Crippen LogP contribution in [-0.2, 0) is 6.54 Å². The summed E-state index contributed by atoms with van der Waals surface area (Å²) in [6.07, 6.45) is 5.12. The van der Waals surface area contributed by atoms with Crippen molar-refractivity contribution in [3.05, 3.63) is 78.0 Å². The van der Waals surface area contributed by atoms with Crippen molar-refractivity contribution < 1.29 is 13.9 Å². The molecule has 1 saturated heterocycles. The van der Waals surface area contributed by atoms with Crippen molar-refractivity contribution >= 4 is 22.5 Å². The zero-order chi connectivity index (χ0) is 25.4. The first-order valence-corrected chi connectivity index (χ1v) is 12.2. The molecule has 4 heterocycles. The Morgan fingerprint density at radius 3 is 3.05 bits per heavy atom. The van der Waals surface area contributed by atoms with Crippen LogP contribution in [0.5, 0.6) is 5.75 Å². The van der Waals surface area contributed by atoms with Crippen LogP contribution in [0.4, 0.5) is 4.39 Å². The number of benzene rings is 2. The van der Waals surface area contributed by atoms with E-state index in [-0.39, 0.29) is 17.8 Å². The summed E-state index contributed by atoms with van der Waals surface area (Å²) in [7, 11) is 1.55. The molecule has 5 aromatic rings. The van der Waals surface area contributed by atoms with Crippen LogP contribution in [0.25, 0.3) is 27.8 Å². The summed E-state index contributed by atoms with van der Waals surface area (Å²) in [5.41, 5.74) is 4.30. The Morgan fingerprint density at radius 1 is 1.24 bits per heavy atom. The molecule has 9 nitrogen and oxygen atoms in total. The predicted octanol–water partition coefficient (Wildman–Crippen LogP) is 3.81. The van der Waals surface area contributed by atoms with Crippen LogP contribution in [0, 0.1) is 5.82 Å². The van der Waals surface area contributed by atoms with Crippen molar-refractivity contribution in [2.24, 2.45) is 0 Å². The highest BCUT2D eigenvalue weighted by Gasteiger charge is 2.24. The van der Waals surface area contributed by atoms with E-state index in [1.54, 1.807) is 29.8 Å². The highest BCUT2D eigenvalue weighted by molar-refractivity contribution is 6.01. The Hall–Kier alpha value is -4.31. The van der Waals surface area contributed by atoms with Crippen molar-refractivity contribution in [3.8, 4) is 17.0 Å². The molecule has 2 N–H and O–H groups in total. The maximum Gasteiger partial charge on any atom is 0.251 e. The van der Waals surface area contributed by atoms with Crippen molar-refractivity contribution in [1.29, 1.82) is 0 Å². The lowest BCUT2D eigenvalue weighted by atomic mass is 10.0. The van der Waals surface area contributed by atoms with Gasteiger partial charge in [-0.05, 0) is 61.9 Å². The second-order valence-corrected chi connectivity index (χ2v) is 9.28. The summed E-state index contributed by atoms with van der Waals surface area (Å²) in [6.45, 7) is 1.91. The fourth-order valence-corrected chi connectivity index (χ4v) is 5.03. The van der Waals surface area contributed by atoms with Gasteiger partial charge in [0.05, 0.1) is 12.6 Å². The molecule has 1 aliphatic heterocycles. The van der Waals surface area contributed by atoms with E-state index in [9.17, 15) is 9.18 Å². The predicted molar refractivity (Wildman–Crippen MR) is 137 cm³/mol. The normalized spacial score (nSPS) is 16.3. The molecule has 10 heteroatoms. The van der Waals surface area contributed by atoms with Gasteiger partial charge in [0.15, 0.2) is 5.65 Å². The second kappa shape index (κ2) is 9.62. The number of H-pyrrole nitrogens is 1. The van der Waals surface area contributed by atoms with Crippen LogP contribution in [0.1, 0.15) is 28.8 Å². The highest BCUT2D eigenvalue weighted by Crippen LogP contribution is 2.28. The first-order chi connectivity index (χ1) is 18.1. The maximum atomic E-state index is 14.4. The lowest BCUT2D eigenvalue weighted by Gasteiger charge is -2.33. The number of carbonyl (C=O) groups is 1. The average molecular weight is 500 g/mol. The van der Waals surface area contributed by atoms with E-state index in [2.05, 4.69) is 30.5 Å². The minimum Gasteiger partial charge on any atom is -0.496 e. The highest BCUT2D eigenvalue weighted by atomic mass is 19.1. The smallest absolute Gasteiger partial charge is 0.251 e. The number of nitrogens with one attached hydrogen (secondary N) is 2. The molecule has 0 saturated carbocycles. The third-order valence-electron chi connectivity index (χ3n) is 6.90. The number of ether oxygens (including phenoxy) is 1. The number of methoxy groups -OCH3 is 1. The van der Waals surface area contributed by atoms with Crippen molar-refractivity contribution in [2.45, 2.75) is 25.4 Å². The van der Waals surface area contributed by atoms with Gasteiger partial charge in [-0.15, -0.1) is 0 Å². The SMILES string of the molecule is COc1cccc(F)c1CN1CCC[C@@H](NC(=O)c2ccc3[nH]nc(-c4ccn5ncnc5c4)c3c2)C1. The number of aromatic amines is 1. The van der Waals surface area contributed by atoms with Crippen LogP contribution in [-0.4, -0.2) is 61.8 Å². The third-order valence-corrected chi connectivity index (χ3v) is 6.90. The molecule has 1 amide bonds. The van der Waals surface area contributed by atoms with Gasteiger partial charge in [-0.1, -0.05) is 6.07 Å². The minimum atomic E-state index is -0.280. The minimum absolute atomic E-state index is 0.0334. The number of aromatic nitrogens is 5. The zero-order valence-corrected chi connectivity index (χ0v) is 20.3. The van der Waals surface area contributed by atoms with E-state index in [1.165, 1.54) is 12.4 Å². The number of likely N-dealkylation sites (tertiary alicyclic amines) is 1. The first kappa shape index (κ1) is 23.1. The number of hydrogen-bond donors (Lipinski definition) is 2. The van der Waals surface area contributed by atoms with Crippen molar-refractivity contribution in [1.82, 2.24) is 35.0 Å². The van der Waals surface area contributed by atoms with E-state index in [1.807, 2.05) is 30.5 Å². The number of hydrogen-bond acceptors (Lipinski definition) is 6. The van der Waals surface area contributed by atoms with Crippen LogP contribution in [0.2, 0.25) is 0 Å². The van der Waals surface area contributed by atoms with Crippen LogP contribution < -0.4 is 10.1 Å². The molecule has 0 aliphatic carbocycles. The topological polar surface area (TPSA) is 100 Å². The molecule has 0 radical (unpaired) electrons. The Morgan fingerprint density at radius 2 is 2.16 bits per heavy atom. The third kappa shape index (κ3) is 4.51. The first-order valence-electron chi connectivity index (χ1n) is 12.2. The standard InChI is InChI=1S/C27H26FN7O2/c1-37-24-6-2-5-22(28)21(24)15-34-10-3-4-19(14-34)31-27(36)18-7-8-23-20(12-18)26(33-32-23)17-9-11-35-25(13-17)29-16-30-35/h2,5-9,11-13,16,19H,3-4,10,14-15H2,1H3,(H,31,36)(H,32,33)/t19-/m1/s1. The lowest BCUT2D eigenvalue weighted by molar-refractivity contribution is 0.0899. The number of piperidine rings is 1. The Labute approximate surface area is 212 Å². The molecule has 1 atom stereocenters. The lowest BCUT2D eigenvalue weighted by Crippen LogP contribution is -2.47. The average Bonchev–Trinajstić information content (AvgIpc) is 3.56. The summed E-state index contributed by atoms with van der Waals surface area (Å²) < 4.78 is 21.5. The van der Waals surface area contributed by atoms with E-state index in [0.717, 1.165) is 47.2 Å². The molecule has 188 valence electrons. The van der Waals surface area contributed by atoms with Gasteiger partial charge in [-0.2, -0.15) is 10.2 Å². The van der Waals surface area contributed by atoms with E-state index in [0.29, 0.717) is 30.0 Å². The van der Waals surface area contributed by atoms with Crippen LogP contribution in [0.15, 0.2) is 61.1 Å². The molecule has 1 fully saturated rings. The number of fused-ring (bicyclic) bond motifs is 2. The number of amides is 1. The largest absolute Gasteiger partial charge is 0.496 e. The molecule has 37 heavy (non-hydrogen) atoms.